The fourth-order valence-corrected chi connectivity index (χ4v) is 4.95. The van der Waals surface area contributed by atoms with Crippen molar-refractivity contribution in [3.63, 3.8) is 0 Å². The summed E-state index contributed by atoms with van der Waals surface area (Å²) in [6.45, 7) is 4.56. The van der Waals surface area contributed by atoms with Crippen LogP contribution in [0.2, 0.25) is 5.02 Å². The average Bonchev–Trinajstić information content (AvgIpc) is 2.89. The minimum absolute atomic E-state index is 0.00225. The highest BCUT2D eigenvalue weighted by Gasteiger charge is 2.52. The van der Waals surface area contributed by atoms with E-state index in [0.717, 1.165) is 17.2 Å². The number of hydrogen-bond acceptors (Lipinski definition) is 7. The van der Waals surface area contributed by atoms with Crippen molar-refractivity contribution in [1.29, 1.82) is 0 Å². The van der Waals surface area contributed by atoms with E-state index in [1.54, 1.807) is 6.07 Å². The van der Waals surface area contributed by atoms with E-state index in [4.69, 9.17) is 22.1 Å². The summed E-state index contributed by atoms with van der Waals surface area (Å²) in [6, 6.07) is 11.5. The molecule has 0 spiro atoms. The second-order valence-corrected chi connectivity index (χ2v) is 10.1. The molecule has 0 unspecified atom stereocenters. The number of anilines is 3. The third kappa shape index (κ3) is 5.12. The number of halogens is 2. The topological polar surface area (TPSA) is 127 Å². The number of amides is 2. The molecule has 9 nitrogen and oxygen atoms in total. The molecule has 204 valence electrons. The van der Waals surface area contributed by atoms with Crippen LogP contribution in [0.3, 0.4) is 0 Å². The second kappa shape index (κ2) is 10.9. The highest BCUT2D eigenvalue weighted by molar-refractivity contribution is 6.31. The number of nitrogens with one attached hydrogen (secondary N) is 2. The number of nitrogens with zero attached hydrogens (tertiary/aromatic N) is 2. The van der Waals surface area contributed by atoms with E-state index in [1.807, 2.05) is 43.0 Å². The summed E-state index contributed by atoms with van der Waals surface area (Å²) in [5.74, 6) is -2.23. The highest BCUT2D eigenvalue weighted by atomic mass is 35.5. The number of esters is 1. The Balaban J connectivity index is 1.74. The van der Waals surface area contributed by atoms with Crippen LogP contribution in [0.1, 0.15) is 51.7 Å². The van der Waals surface area contributed by atoms with Gasteiger partial charge in [0.05, 0.1) is 41.0 Å². The number of methoxy groups -OCH3 is 1. The van der Waals surface area contributed by atoms with E-state index in [1.165, 1.54) is 26.4 Å². The van der Waals surface area contributed by atoms with Crippen LogP contribution in [0.15, 0.2) is 48.7 Å². The number of nitrogens with two attached hydrogens (primary N) is 1. The lowest BCUT2D eigenvalue weighted by Gasteiger charge is -2.51. The molecule has 3 aromatic rings. The predicted molar refractivity (Wildman–Crippen MR) is 148 cm³/mol. The maximum atomic E-state index is 14.4. The minimum atomic E-state index is -1.05. The Kier molecular flexibility index (Phi) is 7.78. The molecule has 1 aliphatic heterocycles. The monoisotopic (exact) mass is 553 g/mol. The van der Waals surface area contributed by atoms with Gasteiger partial charge in [0.2, 0.25) is 5.91 Å². The first-order valence-electron chi connectivity index (χ1n) is 12.2. The molecule has 2 aromatic carbocycles. The van der Waals surface area contributed by atoms with E-state index in [2.05, 4.69) is 15.6 Å². The van der Waals surface area contributed by atoms with Crippen LogP contribution >= 0.6 is 11.6 Å². The third-order valence-electron chi connectivity index (χ3n) is 6.88. The van der Waals surface area contributed by atoms with Crippen molar-refractivity contribution in [2.45, 2.75) is 25.2 Å². The molecular formula is C28H29ClFN5O4. The van der Waals surface area contributed by atoms with Crippen LogP contribution in [0.5, 0.6) is 0 Å². The fourth-order valence-electron chi connectivity index (χ4n) is 4.79. The van der Waals surface area contributed by atoms with Gasteiger partial charge in [-0.3, -0.25) is 9.59 Å². The van der Waals surface area contributed by atoms with Gasteiger partial charge in [-0.25, -0.2) is 14.2 Å². The molecule has 4 rings (SSSR count). The standard InChI is InChI=1S/C28H29ClFN5O4/c1-15(2)17-7-5-6-8-19(17)28(13-35(14-28)16-9-22(31)24(33-12-16)26(37)39-4)27(38)34-23-11-21(30)20(29)10-18(23)25(36)32-3/h5-12,15H,13-14,31H2,1-4H3,(H,32,36)(H,34,38). The molecule has 2 heterocycles. The van der Waals surface area contributed by atoms with Crippen LogP contribution in [-0.2, 0) is 14.9 Å². The molecule has 0 saturated carbocycles. The average molecular weight is 554 g/mol. The van der Waals surface area contributed by atoms with Gasteiger partial charge in [0.15, 0.2) is 5.69 Å². The number of aromatic nitrogens is 1. The smallest absolute Gasteiger partial charge is 0.358 e. The molecule has 0 atom stereocenters. The summed E-state index contributed by atoms with van der Waals surface area (Å²) in [7, 11) is 2.68. The fraction of sp³-hybridized carbons (Fsp3) is 0.286. The van der Waals surface area contributed by atoms with E-state index in [0.29, 0.717) is 5.69 Å². The zero-order valence-corrected chi connectivity index (χ0v) is 22.7. The third-order valence-corrected chi connectivity index (χ3v) is 7.17. The van der Waals surface area contributed by atoms with E-state index in [-0.39, 0.29) is 46.7 Å². The largest absolute Gasteiger partial charge is 0.464 e. The van der Waals surface area contributed by atoms with Gasteiger partial charge in [-0.1, -0.05) is 49.7 Å². The summed E-state index contributed by atoms with van der Waals surface area (Å²) in [5.41, 5.74) is 7.62. The van der Waals surface area contributed by atoms with Gasteiger partial charge >= 0.3 is 5.97 Å². The molecule has 4 N–H and O–H groups in total. The van der Waals surface area contributed by atoms with Gasteiger partial charge < -0.3 is 26.0 Å². The summed E-state index contributed by atoms with van der Waals surface area (Å²) in [6.07, 6.45) is 1.50. The lowest BCUT2D eigenvalue weighted by molar-refractivity contribution is -0.122. The van der Waals surface area contributed by atoms with Crippen LogP contribution in [0, 0.1) is 5.82 Å². The molecular weight excluding hydrogens is 525 g/mol. The summed E-state index contributed by atoms with van der Waals surface area (Å²) < 4.78 is 19.1. The molecule has 1 fully saturated rings. The Labute approximate surface area is 230 Å². The summed E-state index contributed by atoms with van der Waals surface area (Å²) in [4.78, 5) is 44.5. The number of benzene rings is 2. The van der Waals surface area contributed by atoms with Crippen molar-refractivity contribution >= 4 is 46.4 Å². The minimum Gasteiger partial charge on any atom is -0.464 e. The molecule has 1 aliphatic rings. The highest BCUT2D eigenvalue weighted by Crippen LogP contribution is 2.42. The van der Waals surface area contributed by atoms with E-state index < -0.39 is 29.0 Å². The SMILES string of the molecule is CNC(=O)c1cc(Cl)c(F)cc1NC(=O)C1(c2ccccc2C(C)C)CN(c2cnc(C(=O)OC)c(N)c2)C1. The van der Waals surface area contributed by atoms with Gasteiger partial charge in [0.1, 0.15) is 11.2 Å². The number of nitrogen functional groups attached to an aromatic ring is 1. The lowest BCUT2D eigenvalue weighted by Crippen LogP contribution is -2.65. The van der Waals surface area contributed by atoms with Crippen molar-refractivity contribution in [3.05, 3.63) is 81.9 Å². The second-order valence-electron chi connectivity index (χ2n) is 9.65. The maximum absolute atomic E-state index is 14.4. The Morgan fingerprint density at radius 3 is 2.49 bits per heavy atom. The predicted octanol–water partition coefficient (Wildman–Crippen LogP) is 4.12. The molecule has 1 saturated heterocycles. The van der Waals surface area contributed by atoms with E-state index >= 15 is 0 Å². The van der Waals surface area contributed by atoms with Crippen molar-refractivity contribution in [1.82, 2.24) is 10.3 Å². The summed E-state index contributed by atoms with van der Waals surface area (Å²) in [5, 5.41) is 5.04. The van der Waals surface area contributed by atoms with Gasteiger partial charge in [-0.05, 0) is 35.2 Å². The van der Waals surface area contributed by atoms with Crippen LogP contribution in [0.4, 0.5) is 21.5 Å². The number of carbonyl (C=O) groups is 3. The molecule has 0 aliphatic carbocycles. The number of ether oxygens (including phenoxy) is 1. The normalized spacial score (nSPS) is 14.0. The van der Waals surface area contributed by atoms with Crippen molar-refractivity contribution in [2.75, 3.05) is 43.2 Å². The molecule has 0 radical (unpaired) electrons. The Hall–Kier alpha value is -4.18. The first kappa shape index (κ1) is 27.8. The van der Waals surface area contributed by atoms with Gasteiger partial charge in [0.25, 0.3) is 5.91 Å². The van der Waals surface area contributed by atoms with Gasteiger partial charge in [-0.2, -0.15) is 0 Å². The molecule has 1 aromatic heterocycles. The quantitative estimate of drug-likeness (QED) is 0.376. The molecule has 39 heavy (non-hydrogen) atoms. The van der Waals surface area contributed by atoms with Crippen molar-refractivity contribution < 1.29 is 23.5 Å². The number of hydrogen-bond donors (Lipinski definition) is 3. The Morgan fingerprint density at radius 1 is 1.18 bits per heavy atom. The lowest BCUT2D eigenvalue weighted by atomic mass is 9.69. The number of rotatable bonds is 7. The number of carbonyl (C=O) groups excluding carboxylic acids is 3. The van der Waals surface area contributed by atoms with Crippen LogP contribution in [-0.4, -0.2) is 50.0 Å². The first-order valence-corrected chi connectivity index (χ1v) is 12.6. The summed E-state index contributed by atoms with van der Waals surface area (Å²) >= 11 is 5.92. The Bertz CT molecular complexity index is 1460. The molecule has 0 bridgehead atoms. The molecule has 11 heteroatoms. The van der Waals surface area contributed by atoms with Crippen LogP contribution in [0.25, 0.3) is 0 Å². The van der Waals surface area contributed by atoms with Gasteiger partial charge in [-0.15, -0.1) is 0 Å². The van der Waals surface area contributed by atoms with Crippen molar-refractivity contribution in [3.8, 4) is 0 Å². The van der Waals surface area contributed by atoms with Gasteiger partial charge in [0, 0.05) is 20.1 Å². The zero-order chi connectivity index (χ0) is 28.5. The Morgan fingerprint density at radius 2 is 1.87 bits per heavy atom. The first-order chi connectivity index (χ1) is 18.5. The van der Waals surface area contributed by atoms with Crippen molar-refractivity contribution in [2.24, 2.45) is 0 Å². The molecule has 2 amide bonds. The van der Waals surface area contributed by atoms with Crippen LogP contribution < -0.4 is 21.3 Å². The van der Waals surface area contributed by atoms with E-state index in [9.17, 15) is 18.8 Å². The zero-order valence-electron chi connectivity index (χ0n) is 22.0. The number of pyridine rings is 1. The maximum Gasteiger partial charge on any atom is 0.358 e.